The van der Waals surface area contributed by atoms with Crippen molar-refractivity contribution < 1.29 is 48.3 Å². The summed E-state index contributed by atoms with van der Waals surface area (Å²) in [5.74, 6) is -0.935. The molecule has 0 saturated carbocycles. The number of carboxylic acid groups (broad SMARTS) is 1. The van der Waals surface area contributed by atoms with Gasteiger partial charge in [0.25, 0.3) is 0 Å². The van der Waals surface area contributed by atoms with Crippen LogP contribution in [0.1, 0.15) is 240 Å². The van der Waals surface area contributed by atoms with E-state index in [2.05, 4.69) is 20.4 Å². The maximum absolute atomic E-state index is 10.0. The van der Waals surface area contributed by atoms with Crippen LogP contribution in [0.4, 0.5) is 0 Å². The maximum atomic E-state index is 10.0. The van der Waals surface area contributed by atoms with Crippen LogP contribution < -0.4 is 0 Å². The zero-order valence-electron chi connectivity index (χ0n) is 33.9. The van der Waals surface area contributed by atoms with Crippen LogP contribution in [-0.4, -0.2) is 34.9 Å². The van der Waals surface area contributed by atoms with Gasteiger partial charge in [0.15, 0.2) is 0 Å². The quantitative estimate of drug-likeness (QED) is 0.0300. The van der Waals surface area contributed by atoms with Crippen molar-refractivity contribution in [1.82, 2.24) is 0 Å². The van der Waals surface area contributed by atoms with E-state index in [1.165, 1.54) is 187 Å². The Kier molecular flexibility index (Phi) is 70.2. The monoisotopic (exact) mass is 745 g/mol. The molecule has 0 saturated heterocycles. The van der Waals surface area contributed by atoms with Crippen molar-refractivity contribution >= 4 is 18.5 Å². The van der Waals surface area contributed by atoms with Crippen LogP contribution in [-0.2, 0) is 38.1 Å². The zero-order valence-corrected chi connectivity index (χ0v) is 35.5. The first-order valence-electron chi connectivity index (χ1n) is 20.7. The third-order valence-electron chi connectivity index (χ3n) is 8.13. The summed E-state index contributed by atoms with van der Waals surface area (Å²) >= 11 is 0.750. The van der Waals surface area contributed by atoms with Gasteiger partial charge in [-0.1, -0.05) is 213 Å². The van der Waals surface area contributed by atoms with Gasteiger partial charge in [0.2, 0.25) is 0 Å². The molecule has 7 heteroatoms. The molecular formula is C43H84O6Ti. The predicted molar refractivity (Wildman–Crippen MR) is 211 cm³/mol. The van der Waals surface area contributed by atoms with Crippen LogP contribution >= 0.6 is 0 Å². The molecule has 0 fully saturated rings. The van der Waals surface area contributed by atoms with E-state index in [-0.39, 0.29) is 11.7 Å². The van der Waals surface area contributed by atoms with Gasteiger partial charge in [0.1, 0.15) is 0 Å². The van der Waals surface area contributed by atoms with E-state index in [1.54, 1.807) is 13.8 Å². The molecule has 0 amide bonds. The molecule has 296 valence electrons. The second-order valence-electron chi connectivity index (χ2n) is 13.9. The summed E-state index contributed by atoms with van der Waals surface area (Å²) in [5.41, 5.74) is 0.176. The normalized spacial score (nSPS) is 9.94. The van der Waals surface area contributed by atoms with Crippen LogP contribution in [0.3, 0.4) is 0 Å². The Morgan fingerprint density at radius 2 is 0.640 bits per heavy atom. The average molecular weight is 745 g/mol. The summed E-state index contributed by atoms with van der Waals surface area (Å²) in [5, 5.41) is 15.9. The molecule has 0 aliphatic rings. The van der Waals surface area contributed by atoms with Crippen molar-refractivity contribution in [1.29, 1.82) is 0 Å². The minimum atomic E-state index is -0.935. The molecule has 0 aliphatic heterocycles. The summed E-state index contributed by atoms with van der Waals surface area (Å²) < 4.78 is 8.25. The zero-order chi connectivity index (χ0) is 38.8. The number of unbranched alkanes of at least 4 members (excludes halogenated alkanes) is 30. The minimum absolute atomic E-state index is 0.167. The topological polar surface area (TPSA) is 109 Å². The van der Waals surface area contributed by atoms with E-state index in [0.29, 0.717) is 12.8 Å². The van der Waals surface area contributed by atoms with E-state index in [4.69, 9.17) is 13.5 Å². The van der Waals surface area contributed by atoms with Gasteiger partial charge in [0.05, 0.1) is 0 Å². The second kappa shape index (κ2) is 60.1. The summed E-state index contributed by atoms with van der Waals surface area (Å²) in [6, 6.07) is 0. The molecule has 0 radical (unpaired) electrons. The van der Waals surface area contributed by atoms with Gasteiger partial charge < -0.3 is 19.8 Å². The summed E-state index contributed by atoms with van der Waals surface area (Å²) in [4.78, 5) is 29.6. The first-order valence-corrected chi connectivity index (χ1v) is 21.3. The Labute approximate surface area is 323 Å². The molecule has 0 aromatic carbocycles. The van der Waals surface area contributed by atoms with E-state index in [9.17, 15) is 14.4 Å². The van der Waals surface area contributed by atoms with E-state index in [1.807, 2.05) is 12.6 Å². The second-order valence-corrected chi connectivity index (χ2v) is 13.9. The van der Waals surface area contributed by atoms with Crippen molar-refractivity contribution in [3.63, 3.8) is 0 Å². The number of rotatable bonds is 33. The van der Waals surface area contributed by atoms with Crippen molar-refractivity contribution in [2.24, 2.45) is 0 Å². The van der Waals surface area contributed by atoms with Crippen molar-refractivity contribution in [2.75, 3.05) is 0 Å². The third kappa shape index (κ3) is 81.2. The third-order valence-corrected chi connectivity index (χ3v) is 8.13. The summed E-state index contributed by atoms with van der Waals surface area (Å²) in [6.07, 6.45) is 46.2. The molecule has 0 spiro atoms. The molecule has 0 rings (SSSR count). The standard InChI is InChI=1S/2C18H35O.C4H6O2.C3H8O.O.Ti/c2*1-2-3-4-5-6-7-8-9-10-11-12-13-14-15-16-17-18-19;1-3(2)4(5)6;1-3(2)4;;/h2*2-17H2,1H3;1H2,2H3,(H,5,6);3-4H,1-2H3;;/q2*-1;;;;+2. The average Bonchev–Trinajstić information content (AvgIpc) is 3.09. The van der Waals surface area contributed by atoms with E-state index in [0.717, 1.165) is 33.2 Å². The number of carbonyl (C=O) groups is 1. The molecular weight excluding hydrogens is 660 g/mol. The number of aliphatic carboxylic acids is 1. The summed E-state index contributed by atoms with van der Waals surface area (Å²) in [7, 11) is 0. The van der Waals surface area contributed by atoms with Crippen molar-refractivity contribution in [3.8, 4) is 0 Å². The number of aliphatic hydroxyl groups is 1. The summed E-state index contributed by atoms with van der Waals surface area (Å²) in [6.45, 7) is 12.6. The number of carboxylic acids is 1. The van der Waals surface area contributed by atoms with Gasteiger partial charge in [-0.3, -0.25) is 12.6 Å². The van der Waals surface area contributed by atoms with Gasteiger partial charge in [-0.05, 0) is 20.8 Å². The molecule has 6 nitrogen and oxygen atoms in total. The molecule has 0 aromatic rings. The fraction of sp³-hybridized carbons (Fsp3) is 0.884. The van der Waals surface area contributed by atoms with Crippen LogP contribution in [0.15, 0.2) is 12.2 Å². The molecule has 0 aromatic heterocycles. The Morgan fingerprint density at radius 1 is 0.500 bits per heavy atom. The van der Waals surface area contributed by atoms with Gasteiger partial charge >= 0.3 is 29.7 Å². The number of aliphatic hydroxyl groups excluding tert-OH is 1. The van der Waals surface area contributed by atoms with Gasteiger partial charge in [-0.25, -0.2) is 4.79 Å². The fourth-order valence-electron chi connectivity index (χ4n) is 5.14. The SMILES string of the molecule is C=C(C)C(=O)O.CC(C)O.CCCCCCCCCCCCCCCCC[C-]=O.CCCCCCCCCCCCCCCCC[C-]=O.[O]=[Ti+2]. The molecule has 0 bridgehead atoms. The van der Waals surface area contributed by atoms with E-state index >= 15 is 0 Å². The van der Waals surface area contributed by atoms with Crippen LogP contribution in [0.5, 0.6) is 0 Å². The molecule has 2 N–H and O–H groups in total. The molecule has 0 atom stereocenters. The number of carbonyl (C=O) groups excluding carboxylic acids is 2. The Bertz CT molecular complexity index is 588. The molecule has 50 heavy (non-hydrogen) atoms. The Hall–Kier alpha value is -0.976. The fourth-order valence-corrected chi connectivity index (χ4v) is 5.14. The Morgan fingerprint density at radius 3 is 0.760 bits per heavy atom. The molecule has 0 heterocycles. The van der Waals surface area contributed by atoms with Crippen LogP contribution in [0, 0.1) is 0 Å². The predicted octanol–water partition coefficient (Wildman–Crippen LogP) is 13.6. The Balaban J connectivity index is -0.000000204. The van der Waals surface area contributed by atoms with Crippen LogP contribution in [0.25, 0.3) is 0 Å². The van der Waals surface area contributed by atoms with Gasteiger partial charge in [-0.15, -0.1) is 0 Å². The molecule has 0 aliphatic carbocycles. The van der Waals surface area contributed by atoms with E-state index < -0.39 is 5.97 Å². The number of hydrogen-bond donors (Lipinski definition) is 2. The first-order chi connectivity index (χ1) is 24.2. The van der Waals surface area contributed by atoms with Crippen molar-refractivity contribution in [2.45, 2.75) is 246 Å². The molecule has 0 unspecified atom stereocenters. The number of hydrogen-bond acceptors (Lipinski definition) is 5. The van der Waals surface area contributed by atoms with Gasteiger partial charge in [0, 0.05) is 11.7 Å². The first kappa shape index (κ1) is 58.3. The van der Waals surface area contributed by atoms with Crippen LogP contribution in [0.2, 0.25) is 0 Å². The van der Waals surface area contributed by atoms with Gasteiger partial charge in [-0.2, -0.15) is 12.8 Å². The van der Waals surface area contributed by atoms with Crippen molar-refractivity contribution in [3.05, 3.63) is 12.2 Å².